The SMILES string of the molecule is CS(=O)(=O)N1CCC[C@H](C(=O)NCc2ccc(C(=O)O)o2)C1. The molecule has 2 N–H and O–H groups in total. The monoisotopic (exact) mass is 330 g/mol. The summed E-state index contributed by atoms with van der Waals surface area (Å²) >= 11 is 0. The second-order valence-electron chi connectivity index (χ2n) is 5.25. The number of carbonyl (C=O) groups excluding carboxylic acids is 1. The Balaban J connectivity index is 1.90. The maximum atomic E-state index is 12.1. The van der Waals surface area contributed by atoms with Gasteiger partial charge in [0.15, 0.2) is 0 Å². The highest BCUT2D eigenvalue weighted by atomic mass is 32.2. The zero-order valence-electron chi connectivity index (χ0n) is 12.1. The summed E-state index contributed by atoms with van der Waals surface area (Å²) in [4.78, 5) is 22.8. The molecule has 0 unspecified atom stereocenters. The zero-order chi connectivity index (χ0) is 16.3. The Morgan fingerprint density at radius 2 is 2.18 bits per heavy atom. The fourth-order valence-electron chi connectivity index (χ4n) is 2.36. The van der Waals surface area contributed by atoms with E-state index in [9.17, 15) is 18.0 Å². The number of aromatic carboxylic acids is 1. The number of hydrogen-bond acceptors (Lipinski definition) is 5. The van der Waals surface area contributed by atoms with E-state index in [4.69, 9.17) is 9.52 Å². The highest BCUT2D eigenvalue weighted by molar-refractivity contribution is 7.88. The molecule has 22 heavy (non-hydrogen) atoms. The van der Waals surface area contributed by atoms with Crippen molar-refractivity contribution >= 4 is 21.9 Å². The molecule has 0 aromatic carbocycles. The van der Waals surface area contributed by atoms with Gasteiger partial charge in [0, 0.05) is 13.1 Å². The summed E-state index contributed by atoms with van der Waals surface area (Å²) in [5.74, 6) is -1.70. The lowest BCUT2D eigenvalue weighted by molar-refractivity contribution is -0.126. The zero-order valence-corrected chi connectivity index (χ0v) is 12.9. The van der Waals surface area contributed by atoms with Crippen molar-refractivity contribution in [1.82, 2.24) is 9.62 Å². The third-order valence-corrected chi connectivity index (χ3v) is 4.80. The number of nitrogens with one attached hydrogen (secondary N) is 1. The molecule has 2 heterocycles. The van der Waals surface area contributed by atoms with E-state index < -0.39 is 21.9 Å². The van der Waals surface area contributed by atoms with E-state index in [1.165, 1.54) is 16.4 Å². The molecule has 0 saturated carbocycles. The minimum absolute atomic E-state index is 0.0709. The molecule has 0 spiro atoms. The van der Waals surface area contributed by atoms with E-state index in [0.717, 1.165) is 6.26 Å². The first-order valence-electron chi connectivity index (χ1n) is 6.82. The maximum absolute atomic E-state index is 12.1. The lowest BCUT2D eigenvalue weighted by Gasteiger charge is -2.30. The van der Waals surface area contributed by atoms with Crippen molar-refractivity contribution in [1.29, 1.82) is 0 Å². The van der Waals surface area contributed by atoms with E-state index in [1.807, 2.05) is 0 Å². The van der Waals surface area contributed by atoms with Gasteiger partial charge in [-0.3, -0.25) is 4.79 Å². The molecular formula is C13H18N2O6S. The molecular weight excluding hydrogens is 312 g/mol. The molecule has 8 nitrogen and oxygen atoms in total. The Hall–Kier alpha value is -1.87. The van der Waals surface area contributed by atoms with Gasteiger partial charge < -0.3 is 14.8 Å². The van der Waals surface area contributed by atoms with E-state index in [1.54, 1.807) is 0 Å². The summed E-state index contributed by atoms with van der Waals surface area (Å²) in [6, 6.07) is 2.79. The number of furan rings is 1. The average Bonchev–Trinajstić information content (AvgIpc) is 2.93. The molecule has 1 atom stereocenters. The molecule has 1 fully saturated rings. The molecule has 1 amide bonds. The minimum atomic E-state index is -3.30. The largest absolute Gasteiger partial charge is 0.475 e. The second kappa shape index (κ2) is 6.49. The van der Waals surface area contributed by atoms with Crippen LogP contribution >= 0.6 is 0 Å². The number of carbonyl (C=O) groups is 2. The van der Waals surface area contributed by atoms with Crippen LogP contribution in [0.1, 0.15) is 29.2 Å². The summed E-state index contributed by atoms with van der Waals surface area (Å²) in [6.07, 6.45) is 2.38. The number of sulfonamides is 1. The van der Waals surface area contributed by atoms with Gasteiger partial charge in [0.05, 0.1) is 18.7 Å². The summed E-state index contributed by atoms with van der Waals surface area (Å²) in [5, 5.41) is 11.4. The van der Waals surface area contributed by atoms with E-state index in [2.05, 4.69) is 5.32 Å². The number of piperidine rings is 1. The van der Waals surface area contributed by atoms with Gasteiger partial charge in [0.1, 0.15) is 5.76 Å². The maximum Gasteiger partial charge on any atom is 0.371 e. The smallest absolute Gasteiger partial charge is 0.371 e. The predicted octanol–water partition coefficient (Wildman–Crippen LogP) is 0.266. The van der Waals surface area contributed by atoms with E-state index in [0.29, 0.717) is 25.1 Å². The molecule has 1 aliphatic heterocycles. The lowest BCUT2D eigenvalue weighted by atomic mass is 9.99. The Bertz CT molecular complexity index is 666. The number of carboxylic acid groups (broad SMARTS) is 1. The first-order valence-corrected chi connectivity index (χ1v) is 8.67. The number of hydrogen-bond donors (Lipinski definition) is 2. The van der Waals surface area contributed by atoms with Crippen LogP contribution in [0.15, 0.2) is 16.5 Å². The summed E-state index contributed by atoms with van der Waals surface area (Å²) < 4.78 is 29.4. The molecule has 0 aliphatic carbocycles. The van der Waals surface area contributed by atoms with Crippen LogP contribution in [-0.2, 0) is 21.4 Å². The van der Waals surface area contributed by atoms with Crippen LogP contribution in [0.25, 0.3) is 0 Å². The van der Waals surface area contributed by atoms with Gasteiger partial charge in [0.2, 0.25) is 21.7 Å². The second-order valence-corrected chi connectivity index (χ2v) is 7.23. The molecule has 1 aromatic heterocycles. The highest BCUT2D eigenvalue weighted by Gasteiger charge is 2.30. The van der Waals surface area contributed by atoms with Crippen molar-refractivity contribution in [3.05, 3.63) is 23.7 Å². The normalized spacial score (nSPS) is 19.8. The molecule has 9 heteroatoms. The quantitative estimate of drug-likeness (QED) is 0.800. The van der Waals surface area contributed by atoms with Gasteiger partial charge in [-0.05, 0) is 25.0 Å². The van der Waals surface area contributed by atoms with Crippen molar-refractivity contribution in [2.24, 2.45) is 5.92 Å². The molecule has 0 radical (unpaired) electrons. The van der Waals surface area contributed by atoms with Crippen LogP contribution in [0.2, 0.25) is 0 Å². The van der Waals surface area contributed by atoms with Crippen molar-refractivity contribution in [3.8, 4) is 0 Å². The van der Waals surface area contributed by atoms with Gasteiger partial charge in [-0.25, -0.2) is 17.5 Å². The van der Waals surface area contributed by atoms with Crippen molar-refractivity contribution in [2.75, 3.05) is 19.3 Å². The minimum Gasteiger partial charge on any atom is -0.475 e. The Kier molecular flexibility index (Phi) is 4.87. The van der Waals surface area contributed by atoms with Crippen molar-refractivity contribution < 1.29 is 27.5 Å². The van der Waals surface area contributed by atoms with Crippen LogP contribution in [0.4, 0.5) is 0 Å². The van der Waals surface area contributed by atoms with Gasteiger partial charge in [-0.15, -0.1) is 0 Å². The third kappa shape index (κ3) is 4.08. The number of nitrogens with zero attached hydrogens (tertiary/aromatic N) is 1. The Morgan fingerprint density at radius 3 is 2.77 bits per heavy atom. The standard InChI is InChI=1S/C13H18N2O6S/c1-22(19,20)15-6-2-3-9(8-15)12(16)14-7-10-4-5-11(21-10)13(17)18/h4-5,9H,2-3,6-8H2,1H3,(H,14,16)(H,17,18)/t9-/m0/s1. The average molecular weight is 330 g/mol. The van der Waals surface area contributed by atoms with Crippen LogP contribution < -0.4 is 5.32 Å². The van der Waals surface area contributed by atoms with Gasteiger partial charge >= 0.3 is 5.97 Å². The summed E-state index contributed by atoms with van der Waals surface area (Å²) in [5.41, 5.74) is 0. The summed E-state index contributed by atoms with van der Waals surface area (Å²) in [6.45, 7) is 0.674. The van der Waals surface area contributed by atoms with E-state index >= 15 is 0 Å². The first-order chi connectivity index (χ1) is 10.3. The Labute approximate surface area is 128 Å². The number of carboxylic acids is 1. The van der Waals surface area contributed by atoms with Gasteiger partial charge in [0.25, 0.3) is 0 Å². The number of amides is 1. The molecule has 1 aliphatic rings. The van der Waals surface area contributed by atoms with Crippen molar-refractivity contribution in [3.63, 3.8) is 0 Å². The Morgan fingerprint density at radius 1 is 1.45 bits per heavy atom. The fourth-order valence-corrected chi connectivity index (χ4v) is 3.28. The molecule has 0 bridgehead atoms. The molecule has 1 aromatic rings. The van der Waals surface area contributed by atoms with Crippen LogP contribution in [-0.4, -0.2) is 49.1 Å². The van der Waals surface area contributed by atoms with Crippen LogP contribution in [0, 0.1) is 5.92 Å². The van der Waals surface area contributed by atoms with Gasteiger partial charge in [-0.2, -0.15) is 0 Å². The van der Waals surface area contributed by atoms with Crippen LogP contribution in [0.5, 0.6) is 0 Å². The number of rotatable bonds is 5. The predicted molar refractivity (Wildman–Crippen MR) is 76.7 cm³/mol. The highest BCUT2D eigenvalue weighted by Crippen LogP contribution is 2.19. The van der Waals surface area contributed by atoms with Crippen molar-refractivity contribution in [2.45, 2.75) is 19.4 Å². The molecule has 1 saturated heterocycles. The lowest BCUT2D eigenvalue weighted by Crippen LogP contribution is -2.44. The fraction of sp³-hybridized carbons (Fsp3) is 0.538. The molecule has 2 rings (SSSR count). The first kappa shape index (κ1) is 16.5. The third-order valence-electron chi connectivity index (χ3n) is 3.53. The van der Waals surface area contributed by atoms with E-state index in [-0.39, 0.29) is 24.8 Å². The van der Waals surface area contributed by atoms with Crippen LogP contribution in [0.3, 0.4) is 0 Å². The topological polar surface area (TPSA) is 117 Å². The summed E-state index contributed by atoms with van der Waals surface area (Å²) in [7, 11) is -3.30. The molecule has 122 valence electrons. The van der Waals surface area contributed by atoms with Gasteiger partial charge in [-0.1, -0.05) is 0 Å².